The quantitative estimate of drug-likeness (QED) is 0.638. The maximum absolute atomic E-state index is 13.3. The lowest BCUT2D eigenvalue weighted by molar-refractivity contribution is -0.119. The molecular formula is C23H32N4O4. The molecule has 1 saturated carbocycles. The fraction of sp³-hybridized carbons (Fsp3) is 0.522. The third-order valence-corrected chi connectivity index (χ3v) is 5.98. The van der Waals surface area contributed by atoms with Gasteiger partial charge >= 0.3 is 5.69 Å². The molecular weight excluding hydrogens is 396 g/mol. The number of carbonyl (C=O) groups is 1. The fourth-order valence-electron chi connectivity index (χ4n) is 4.24. The van der Waals surface area contributed by atoms with E-state index in [9.17, 15) is 14.4 Å². The zero-order chi connectivity index (χ0) is 22.2. The predicted molar refractivity (Wildman–Crippen MR) is 121 cm³/mol. The first-order valence-corrected chi connectivity index (χ1v) is 11.0. The van der Waals surface area contributed by atoms with Gasteiger partial charge < -0.3 is 15.4 Å². The smallest absolute Gasteiger partial charge is 0.330 e. The third kappa shape index (κ3) is 5.85. The standard InChI is InChI=1S/C23H32N4O4/c1-31-15-14-26-21(24)20(22(29)25-23(26)30)27(16-18-10-6-3-7-11-18)19(28)13-12-17-8-4-2-5-9-17/h3,6-7,10-11,17H,2,4-5,8-9,12-16,24H2,1H3,(H,25,29,30). The molecule has 0 spiro atoms. The van der Waals surface area contributed by atoms with Crippen molar-refractivity contribution < 1.29 is 9.53 Å². The average molecular weight is 429 g/mol. The number of nitrogens with one attached hydrogen (secondary N) is 1. The number of methoxy groups -OCH3 is 1. The van der Waals surface area contributed by atoms with Crippen molar-refractivity contribution in [1.82, 2.24) is 9.55 Å². The van der Waals surface area contributed by atoms with Crippen LogP contribution in [0, 0.1) is 5.92 Å². The molecule has 1 heterocycles. The Labute approximate surface area is 182 Å². The van der Waals surface area contributed by atoms with E-state index >= 15 is 0 Å². The Morgan fingerprint density at radius 3 is 2.58 bits per heavy atom. The molecule has 1 aromatic carbocycles. The fourth-order valence-corrected chi connectivity index (χ4v) is 4.24. The molecule has 31 heavy (non-hydrogen) atoms. The first-order valence-electron chi connectivity index (χ1n) is 11.0. The monoisotopic (exact) mass is 428 g/mol. The number of nitrogen functional groups attached to an aromatic ring is 1. The van der Waals surface area contributed by atoms with Crippen LogP contribution in [0.25, 0.3) is 0 Å². The maximum Gasteiger partial charge on any atom is 0.330 e. The minimum Gasteiger partial charge on any atom is -0.383 e. The Kier molecular flexibility index (Phi) is 8.06. The maximum atomic E-state index is 13.3. The zero-order valence-electron chi connectivity index (χ0n) is 18.1. The van der Waals surface area contributed by atoms with Gasteiger partial charge in [0.1, 0.15) is 5.82 Å². The number of aromatic amines is 1. The number of nitrogens with two attached hydrogens (primary N) is 1. The molecule has 8 heteroatoms. The molecule has 3 N–H and O–H groups in total. The van der Waals surface area contributed by atoms with Gasteiger partial charge in [0, 0.05) is 13.5 Å². The highest BCUT2D eigenvalue weighted by atomic mass is 16.5. The number of ether oxygens (including phenoxy) is 1. The molecule has 168 valence electrons. The lowest BCUT2D eigenvalue weighted by Gasteiger charge is -2.26. The lowest BCUT2D eigenvalue weighted by atomic mass is 9.86. The highest BCUT2D eigenvalue weighted by Gasteiger charge is 2.25. The number of aromatic nitrogens is 2. The number of anilines is 2. The molecule has 8 nitrogen and oxygen atoms in total. The molecule has 1 aromatic heterocycles. The van der Waals surface area contributed by atoms with Gasteiger partial charge in [-0.15, -0.1) is 0 Å². The highest BCUT2D eigenvalue weighted by Crippen LogP contribution is 2.28. The number of carbonyl (C=O) groups excluding carboxylic acids is 1. The Bertz CT molecular complexity index is 977. The summed E-state index contributed by atoms with van der Waals surface area (Å²) in [7, 11) is 1.52. The van der Waals surface area contributed by atoms with Crippen LogP contribution < -0.4 is 21.9 Å². The summed E-state index contributed by atoms with van der Waals surface area (Å²) in [5.74, 6) is 0.360. The summed E-state index contributed by atoms with van der Waals surface area (Å²) >= 11 is 0. The van der Waals surface area contributed by atoms with Crippen LogP contribution in [0.15, 0.2) is 39.9 Å². The minimum absolute atomic E-state index is 0.0206. The van der Waals surface area contributed by atoms with Crippen molar-refractivity contribution in [2.45, 2.75) is 58.0 Å². The molecule has 0 saturated heterocycles. The van der Waals surface area contributed by atoms with E-state index in [1.807, 2.05) is 30.3 Å². The molecule has 0 unspecified atom stereocenters. The Morgan fingerprint density at radius 2 is 1.90 bits per heavy atom. The van der Waals surface area contributed by atoms with E-state index in [2.05, 4.69) is 4.98 Å². The van der Waals surface area contributed by atoms with Gasteiger partial charge in [-0.1, -0.05) is 62.4 Å². The van der Waals surface area contributed by atoms with Crippen LogP contribution in [0.1, 0.15) is 50.5 Å². The second-order valence-corrected chi connectivity index (χ2v) is 8.15. The van der Waals surface area contributed by atoms with E-state index in [1.165, 1.54) is 35.8 Å². The van der Waals surface area contributed by atoms with Crippen molar-refractivity contribution in [3.05, 3.63) is 56.7 Å². The number of benzene rings is 1. The van der Waals surface area contributed by atoms with Crippen LogP contribution in [-0.4, -0.2) is 29.2 Å². The van der Waals surface area contributed by atoms with Crippen LogP contribution in [0.3, 0.4) is 0 Å². The molecule has 2 aromatic rings. The summed E-state index contributed by atoms with van der Waals surface area (Å²) in [5, 5.41) is 0. The van der Waals surface area contributed by atoms with Crippen LogP contribution >= 0.6 is 0 Å². The van der Waals surface area contributed by atoms with E-state index in [4.69, 9.17) is 10.5 Å². The normalized spacial score (nSPS) is 14.5. The predicted octanol–water partition coefficient (Wildman–Crippen LogP) is 2.66. The van der Waals surface area contributed by atoms with Crippen molar-refractivity contribution in [2.75, 3.05) is 24.4 Å². The highest BCUT2D eigenvalue weighted by molar-refractivity contribution is 5.95. The summed E-state index contributed by atoms with van der Waals surface area (Å²) in [4.78, 5) is 42.1. The molecule has 1 fully saturated rings. The molecule has 0 radical (unpaired) electrons. The number of hydrogen-bond acceptors (Lipinski definition) is 5. The number of rotatable bonds is 9. The molecule has 1 aliphatic rings. The van der Waals surface area contributed by atoms with Crippen molar-refractivity contribution in [3.8, 4) is 0 Å². The Morgan fingerprint density at radius 1 is 1.19 bits per heavy atom. The molecule has 0 atom stereocenters. The Balaban J connectivity index is 1.92. The van der Waals surface area contributed by atoms with Gasteiger partial charge in [0.15, 0.2) is 5.69 Å². The lowest BCUT2D eigenvalue weighted by Crippen LogP contribution is -2.41. The first-order chi connectivity index (χ1) is 15.0. The van der Waals surface area contributed by atoms with Gasteiger partial charge in [-0.2, -0.15) is 0 Å². The van der Waals surface area contributed by atoms with Gasteiger partial charge in [-0.3, -0.25) is 19.1 Å². The van der Waals surface area contributed by atoms with E-state index in [0.29, 0.717) is 12.3 Å². The molecule has 0 bridgehead atoms. The summed E-state index contributed by atoms with van der Waals surface area (Å²) < 4.78 is 6.29. The van der Waals surface area contributed by atoms with Crippen LogP contribution in [0.2, 0.25) is 0 Å². The van der Waals surface area contributed by atoms with E-state index in [0.717, 1.165) is 24.8 Å². The van der Waals surface area contributed by atoms with Crippen LogP contribution in [0.4, 0.5) is 11.5 Å². The van der Waals surface area contributed by atoms with Gasteiger partial charge in [-0.05, 0) is 17.9 Å². The SMILES string of the molecule is COCCn1c(N)c(N(Cc2ccccc2)C(=O)CCC2CCCCC2)c(=O)[nH]c1=O. The minimum atomic E-state index is -0.655. The summed E-state index contributed by atoms with van der Waals surface area (Å²) in [6, 6.07) is 9.45. The first kappa shape index (κ1) is 22.8. The zero-order valence-corrected chi connectivity index (χ0v) is 18.1. The van der Waals surface area contributed by atoms with E-state index in [-0.39, 0.29) is 37.1 Å². The number of amides is 1. The van der Waals surface area contributed by atoms with Crippen molar-refractivity contribution in [3.63, 3.8) is 0 Å². The molecule has 0 aliphatic heterocycles. The third-order valence-electron chi connectivity index (χ3n) is 5.98. The topological polar surface area (TPSA) is 110 Å². The van der Waals surface area contributed by atoms with Crippen LogP contribution in [-0.2, 0) is 22.6 Å². The van der Waals surface area contributed by atoms with Gasteiger partial charge in [0.2, 0.25) is 5.91 Å². The van der Waals surface area contributed by atoms with Crippen molar-refractivity contribution in [1.29, 1.82) is 0 Å². The van der Waals surface area contributed by atoms with Crippen molar-refractivity contribution >= 4 is 17.4 Å². The van der Waals surface area contributed by atoms with Gasteiger partial charge in [0.05, 0.1) is 19.7 Å². The molecule has 3 rings (SSSR count). The molecule has 1 aliphatic carbocycles. The number of H-pyrrole nitrogens is 1. The largest absolute Gasteiger partial charge is 0.383 e. The summed E-state index contributed by atoms with van der Waals surface area (Å²) in [6.45, 7) is 0.643. The second kappa shape index (κ2) is 10.9. The van der Waals surface area contributed by atoms with Crippen molar-refractivity contribution in [2.24, 2.45) is 5.92 Å². The van der Waals surface area contributed by atoms with Crippen LogP contribution in [0.5, 0.6) is 0 Å². The average Bonchev–Trinajstić information content (AvgIpc) is 2.78. The summed E-state index contributed by atoms with van der Waals surface area (Å²) in [5.41, 5.74) is 5.88. The second-order valence-electron chi connectivity index (χ2n) is 8.15. The molecule has 1 amide bonds. The van der Waals surface area contributed by atoms with E-state index < -0.39 is 11.2 Å². The van der Waals surface area contributed by atoms with E-state index in [1.54, 1.807) is 0 Å². The summed E-state index contributed by atoms with van der Waals surface area (Å²) in [6.07, 6.45) is 7.12. The number of hydrogen-bond donors (Lipinski definition) is 2. The van der Waals surface area contributed by atoms with Gasteiger partial charge in [-0.25, -0.2) is 4.79 Å². The number of nitrogens with zero attached hydrogens (tertiary/aromatic N) is 2. The van der Waals surface area contributed by atoms with Gasteiger partial charge in [0.25, 0.3) is 5.56 Å². The Hall–Kier alpha value is -2.87.